The van der Waals surface area contributed by atoms with Crippen LogP contribution in [0.2, 0.25) is 0 Å². The van der Waals surface area contributed by atoms with Crippen molar-refractivity contribution in [3.05, 3.63) is 0 Å². The Morgan fingerprint density at radius 1 is 1.20 bits per heavy atom. The number of hydrogen-bond acceptors (Lipinski definition) is 4. The van der Waals surface area contributed by atoms with Gasteiger partial charge in [0.25, 0.3) is 0 Å². The number of ether oxygens (including phenoxy) is 1. The van der Waals surface area contributed by atoms with E-state index in [4.69, 9.17) is 4.74 Å². The van der Waals surface area contributed by atoms with Gasteiger partial charge in [0.1, 0.15) is 0 Å². The molecular formula is C16H33N3O. The topological polar surface area (TPSA) is 27.7 Å². The maximum Gasteiger partial charge on any atom is 0.0521 e. The second kappa shape index (κ2) is 8.32. The van der Waals surface area contributed by atoms with Gasteiger partial charge < -0.3 is 15.0 Å². The third-order valence-corrected chi connectivity index (χ3v) is 5.05. The first-order chi connectivity index (χ1) is 9.74. The molecule has 0 aromatic carbocycles. The van der Waals surface area contributed by atoms with Gasteiger partial charge in [0, 0.05) is 57.3 Å². The van der Waals surface area contributed by atoms with Crippen molar-refractivity contribution >= 4 is 0 Å². The first kappa shape index (κ1) is 16.2. The molecular weight excluding hydrogens is 250 g/mol. The molecule has 2 saturated heterocycles. The van der Waals surface area contributed by atoms with E-state index in [2.05, 4.69) is 35.9 Å². The molecule has 0 spiro atoms. The van der Waals surface area contributed by atoms with E-state index in [0.29, 0.717) is 12.0 Å². The zero-order valence-corrected chi connectivity index (χ0v) is 13.6. The predicted molar refractivity (Wildman–Crippen MR) is 84.2 cm³/mol. The van der Waals surface area contributed by atoms with Crippen LogP contribution in [0.5, 0.6) is 0 Å². The molecule has 0 aromatic heterocycles. The summed E-state index contributed by atoms with van der Waals surface area (Å²) in [5.41, 5.74) is 0. The highest BCUT2D eigenvalue weighted by Crippen LogP contribution is 2.18. The smallest absolute Gasteiger partial charge is 0.0521 e. The monoisotopic (exact) mass is 283 g/mol. The highest BCUT2D eigenvalue weighted by molar-refractivity contribution is 4.84. The maximum atomic E-state index is 5.70. The van der Waals surface area contributed by atoms with Crippen molar-refractivity contribution in [1.29, 1.82) is 0 Å². The first-order valence-corrected chi connectivity index (χ1v) is 8.52. The molecule has 3 atom stereocenters. The Kier molecular flexibility index (Phi) is 6.75. The first-order valence-electron chi connectivity index (χ1n) is 8.52. The van der Waals surface area contributed by atoms with Crippen molar-refractivity contribution in [2.24, 2.45) is 5.92 Å². The Bertz CT molecular complexity index is 264. The molecule has 0 bridgehead atoms. The average molecular weight is 283 g/mol. The van der Waals surface area contributed by atoms with Gasteiger partial charge in [-0.1, -0.05) is 13.8 Å². The van der Waals surface area contributed by atoms with Crippen LogP contribution in [0.25, 0.3) is 0 Å². The molecule has 0 amide bonds. The Labute approximate surface area is 124 Å². The second-order valence-corrected chi connectivity index (χ2v) is 6.38. The minimum Gasteiger partial charge on any atom is -0.381 e. The van der Waals surface area contributed by atoms with Crippen molar-refractivity contribution in [2.45, 2.75) is 45.7 Å². The fourth-order valence-corrected chi connectivity index (χ4v) is 3.48. The summed E-state index contributed by atoms with van der Waals surface area (Å²) in [6, 6.07) is 1.39. The van der Waals surface area contributed by atoms with Crippen LogP contribution in [0, 0.1) is 5.92 Å². The minimum absolute atomic E-state index is 0.654. The quantitative estimate of drug-likeness (QED) is 0.798. The molecule has 1 N–H and O–H groups in total. The molecule has 2 rings (SSSR count). The number of piperazine rings is 1. The largest absolute Gasteiger partial charge is 0.381 e. The van der Waals surface area contributed by atoms with Gasteiger partial charge in [-0.25, -0.2) is 0 Å². The van der Waals surface area contributed by atoms with Crippen molar-refractivity contribution in [3.8, 4) is 0 Å². The summed E-state index contributed by atoms with van der Waals surface area (Å²) in [5.74, 6) is 0.666. The van der Waals surface area contributed by atoms with Gasteiger partial charge in [-0.05, 0) is 26.3 Å². The molecule has 2 heterocycles. The SMILES string of the molecule is CCNC1CCOCC1CN1CCN(C(C)CC)CC1. The minimum atomic E-state index is 0.654. The third-order valence-electron chi connectivity index (χ3n) is 5.05. The lowest BCUT2D eigenvalue weighted by atomic mass is 9.94. The zero-order valence-electron chi connectivity index (χ0n) is 13.6. The standard InChI is InChI=1S/C16H33N3O/c1-4-14(3)19-9-7-18(8-10-19)12-15-13-20-11-6-16(15)17-5-2/h14-17H,4-13H2,1-3H3. The zero-order chi connectivity index (χ0) is 14.4. The summed E-state index contributed by atoms with van der Waals surface area (Å²) in [6.45, 7) is 15.9. The molecule has 2 fully saturated rings. The highest BCUT2D eigenvalue weighted by Gasteiger charge is 2.28. The summed E-state index contributed by atoms with van der Waals surface area (Å²) in [6.07, 6.45) is 2.43. The molecule has 4 nitrogen and oxygen atoms in total. The molecule has 0 radical (unpaired) electrons. The molecule has 0 aliphatic carbocycles. The van der Waals surface area contributed by atoms with Crippen LogP contribution in [0.1, 0.15) is 33.6 Å². The van der Waals surface area contributed by atoms with Gasteiger partial charge in [-0.2, -0.15) is 0 Å². The Hall–Kier alpha value is -0.160. The Morgan fingerprint density at radius 3 is 2.60 bits per heavy atom. The number of rotatable bonds is 6. The van der Waals surface area contributed by atoms with Crippen LogP contribution >= 0.6 is 0 Å². The summed E-state index contributed by atoms with van der Waals surface area (Å²) in [7, 11) is 0. The average Bonchev–Trinajstić information content (AvgIpc) is 2.49. The van der Waals surface area contributed by atoms with Crippen molar-refractivity contribution in [2.75, 3.05) is 52.5 Å². The van der Waals surface area contributed by atoms with Gasteiger partial charge in [0.15, 0.2) is 0 Å². The molecule has 0 aromatic rings. The number of nitrogens with zero attached hydrogens (tertiary/aromatic N) is 2. The van der Waals surface area contributed by atoms with Crippen LogP contribution in [-0.2, 0) is 4.74 Å². The van der Waals surface area contributed by atoms with E-state index in [-0.39, 0.29) is 0 Å². The lowest BCUT2D eigenvalue weighted by Crippen LogP contribution is -2.53. The highest BCUT2D eigenvalue weighted by atomic mass is 16.5. The van der Waals surface area contributed by atoms with Crippen LogP contribution in [0.3, 0.4) is 0 Å². The summed E-state index contributed by atoms with van der Waals surface area (Å²) < 4.78 is 5.70. The van der Waals surface area contributed by atoms with E-state index >= 15 is 0 Å². The van der Waals surface area contributed by atoms with Gasteiger partial charge >= 0.3 is 0 Å². The summed E-state index contributed by atoms with van der Waals surface area (Å²) >= 11 is 0. The van der Waals surface area contributed by atoms with Crippen LogP contribution in [0.4, 0.5) is 0 Å². The molecule has 0 saturated carbocycles. The third kappa shape index (κ3) is 4.42. The molecule has 2 aliphatic rings. The fourth-order valence-electron chi connectivity index (χ4n) is 3.48. The van der Waals surface area contributed by atoms with Crippen LogP contribution in [-0.4, -0.2) is 74.4 Å². The van der Waals surface area contributed by atoms with E-state index in [0.717, 1.165) is 25.8 Å². The second-order valence-electron chi connectivity index (χ2n) is 6.38. The van der Waals surface area contributed by atoms with Crippen molar-refractivity contribution in [3.63, 3.8) is 0 Å². The van der Waals surface area contributed by atoms with Crippen LogP contribution < -0.4 is 5.32 Å². The lowest BCUT2D eigenvalue weighted by molar-refractivity contribution is 0.00634. The van der Waals surface area contributed by atoms with Gasteiger partial charge in [0.2, 0.25) is 0 Å². The molecule has 118 valence electrons. The number of hydrogen-bond donors (Lipinski definition) is 1. The van der Waals surface area contributed by atoms with E-state index < -0.39 is 0 Å². The normalized spacial score (nSPS) is 31.4. The Morgan fingerprint density at radius 2 is 1.95 bits per heavy atom. The predicted octanol–water partition coefficient (Wildman–Crippen LogP) is 1.42. The summed E-state index contributed by atoms with van der Waals surface area (Å²) in [5, 5.41) is 3.64. The molecule has 2 aliphatic heterocycles. The maximum absolute atomic E-state index is 5.70. The van der Waals surface area contributed by atoms with E-state index in [1.807, 2.05) is 0 Å². The number of nitrogens with one attached hydrogen (secondary N) is 1. The van der Waals surface area contributed by atoms with Gasteiger partial charge in [0.05, 0.1) is 6.61 Å². The van der Waals surface area contributed by atoms with Gasteiger partial charge in [-0.15, -0.1) is 0 Å². The van der Waals surface area contributed by atoms with Crippen molar-refractivity contribution < 1.29 is 4.74 Å². The molecule has 4 heteroatoms. The van der Waals surface area contributed by atoms with E-state index in [1.54, 1.807) is 0 Å². The Balaban J connectivity index is 1.76. The van der Waals surface area contributed by atoms with Crippen LogP contribution in [0.15, 0.2) is 0 Å². The molecule has 3 unspecified atom stereocenters. The van der Waals surface area contributed by atoms with E-state index in [9.17, 15) is 0 Å². The summed E-state index contributed by atoms with van der Waals surface area (Å²) in [4.78, 5) is 5.28. The van der Waals surface area contributed by atoms with E-state index in [1.165, 1.54) is 45.6 Å². The van der Waals surface area contributed by atoms with Crippen molar-refractivity contribution in [1.82, 2.24) is 15.1 Å². The van der Waals surface area contributed by atoms with Gasteiger partial charge in [-0.3, -0.25) is 4.90 Å². The molecule has 20 heavy (non-hydrogen) atoms. The lowest BCUT2D eigenvalue weighted by Gasteiger charge is -2.41. The fraction of sp³-hybridized carbons (Fsp3) is 1.00.